The lowest BCUT2D eigenvalue weighted by Crippen LogP contribution is -2.42. The van der Waals surface area contributed by atoms with Crippen molar-refractivity contribution in [2.75, 3.05) is 10.8 Å². The molecule has 2 aliphatic rings. The van der Waals surface area contributed by atoms with Gasteiger partial charge in [-0.05, 0) is 95.5 Å². The van der Waals surface area contributed by atoms with Gasteiger partial charge >= 0.3 is 10.2 Å². The fourth-order valence-electron chi connectivity index (χ4n) is 4.65. The second-order valence-electron chi connectivity index (χ2n) is 9.90. The molecule has 0 unspecified atom stereocenters. The van der Waals surface area contributed by atoms with Crippen molar-refractivity contribution in [3.8, 4) is 5.75 Å². The van der Waals surface area contributed by atoms with Crippen LogP contribution in [-0.2, 0) is 28.0 Å². The molecule has 4 aromatic carbocycles. The minimum absolute atomic E-state index is 0.182. The summed E-state index contributed by atoms with van der Waals surface area (Å²) in [7, 11) is -4.11. The standard InChI is InChI=1S/C32H25FN4O5S2/c33-25-10-6-22(7-11-25)20-42-27-13-8-21(9-14-27)18-29-31(39)35-32(43-29)34-26-12-15-28-24(19-26)16-17-37(28)44(40,41)36-30(38)23-4-2-1-3-5-23/h1-15,18-19H,16-17,20H2,(H,36,38)(H,34,35,39). The zero-order valence-electron chi connectivity index (χ0n) is 23.1. The highest BCUT2D eigenvalue weighted by Crippen LogP contribution is 2.34. The van der Waals surface area contributed by atoms with E-state index in [1.807, 2.05) is 12.1 Å². The number of nitrogens with zero attached hydrogens (tertiary/aromatic N) is 2. The predicted octanol–water partition coefficient (Wildman–Crippen LogP) is 5.33. The highest BCUT2D eigenvalue weighted by Gasteiger charge is 2.31. The smallest absolute Gasteiger partial charge is 0.326 e. The summed E-state index contributed by atoms with van der Waals surface area (Å²) in [6, 6.07) is 26.6. The highest BCUT2D eigenvalue weighted by atomic mass is 32.2. The maximum Gasteiger partial charge on any atom is 0.326 e. The molecule has 9 nitrogen and oxygen atoms in total. The van der Waals surface area contributed by atoms with Crippen molar-refractivity contribution < 1.29 is 27.1 Å². The van der Waals surface area contributed by atoms with Crippen LogP contribution in [0.3, 0.4) is 0 Å². The number of amidine groups is 1. The maximum absolute atomic E-state index is 13.1. The normalized spacial score (nSPS) is 16.2. The lowest BCUT2D eigenvalue weighted by Gasteiger charge is -2.19. The van der Waals surface area contributed by atoms with E-state index in [0.717, 1.165) is 16.7 Å². The number of anilines is 1. The van der Waals surface area contributed by atoms with Gasteiger partial charge in [0.05, 0.1) is 16.3 Å². The Bertz CT molecular complexity index is 1900. The molecule has 0 spiro atoms. The van der Waals surface area contributed by atoms with Gasteiger partial charge in [-0.3, -0.25) is 13.9 Å². The number of ether oxygens (including phenoxy) is 1. The number of hydrogen-bond donors (Lipinski definition) is 2. The topological polar surface area (TPSA) is 117 Å². The molecule has 1 fully saturated rings. The second kappa shape index (κ2) is 12.3. The maximum atomic E-state index is 13.1. The monoisotopic (exact) mass is 628 g/mol. The molecule has 2 aliphatic heterocycles. The van der Waals surface area contributed by atoms with E-state index in [9.17, 15) is 22.4 Å². The van der Waals surface area contributed by atoms with Gasteiger partial charge in [0.1, 0.15) is 18.2 Å². The van der Waals surface area contributed by atoms with Gasteiger partial charge in [-0.2, -0.15) is 8.42 Å². The van der Waals surface area contributed by atoms with Gasteiger partial charge in [-0.15, -0.1) is 0 Å². The number of halogens is 1. The molecule has 6 rings (SSSR count). The molecule has 2 heterocycles. The van der Waals surface area contributed by atoms with Gasteiger partial charge in [-0.25, -0.2) is 14.1 Å². The first-order valence-electron chi connectivity index (χ1n) is 13.5. The molecule has 222 valence electrons. The molecule has 2 N–H and O–H groups in total. The van der Waals surface area contributed by atoms with Crippen LogP contribution in [0.2, 0.25) is 0 Å². The number of carbonyl (C=O) groups is 2. The zero-order chi connectivity index (χ0) is 30.7. The number of hydrogen-bond acceptors (Lipinski definition) is 7. The third-order valence-electron chi connectivity index (χ3n) is 6.84. The Labute approximate surface area is 257 Å². The van der Waals surface area contributed by atoms with Crippen molar-refractivity contribution in [1.29, 1.82) is 0 Å². The Kier molecular flexibility index (Phi) is 8.18. The fraction of sp³-hybridized carbons (Fsp3) is 0.0938. The van der Waals surface area contributed by atoms with Crippen LogP contribution in [0.25, 0.3) is 6.08 Å². The molecule has 0 aliphatic carbocycles. The number of carbonyl (C=O) groups excluding carboxylic acids is 2. The molecule has 0 bridgehead atoms. The van der Waals surface area contributed by atoms with Crippen LogP contribution in [0.4, 0.5) is 15.8 Å². The lowest BCUT2D eigenvalue weighted by molar-refractivity contribution is -0.115. The van der Waals surface area contributed by atoms with Crippen LogP contribution in [0.15, 0.2) is 107 Å². The van der Waals surface area contributed by atoms with E-state index >= 15 is 0 Å². The average molecular weight is 629 g/mol. The molecule has 2 amide bonds. The SMILES string of the molecule is O=C1NC(=Nc2ccc3c(c2)CCN3S(=O)(=O)NC(=O)c2ccccc2)SC1=Cc1ccc(OCc2ccc(F)cc2)cc1. The molecule has 0 radical (unpaired) electrons. The first-order valence-corrected chi connectivity index (χ1v) is 15.8. The largest absolute Gasteiger partial charge is 0.489 e. The van der Waals surface area contributed by atoms with Crippen LogP contribution >= 0.6 is 11.8 Å². The predicted molar refractivity (Wildman–Crippen MR) is 168 cm³/mol. The molecule has 1 saturated heterocycles. The highest BCUT2D eigenvalue weighted by molar-refractivity contribution is 8.18. The van der Waals surface area contributed by atoms with Crippen LogP contribution in [-0.4, -0.2) is 31.9 Å². The summed E-state index contributed by atoms with van der Waals surface area (Å²) in [6.07, 6.45) is 2.20. The number of rotatable bonds is 8. The Balaban J connectivity index is 1.09. The lowest BCUT2D eigenvalue weighted by atomic mass is 10.1. The van der Waals surface area contributed by atoms with E-state index in [2.05, 4.69) is 15.0 Å². The Morgan fingerprint density at radius 2 is 1.77 bits per heavy atom. The third kappa shape index (κ3) is 6.66. The Morgan fingerprint density at radius 1 is 1.02 bits per heavy atom. The van der Waals surface area contributed by atoms with Crippen molar-refractivity contribution in [3.63, 3.8) is 0 Å². The average Bonchev–Trinajstić information content (AvgIpc) is 3.60. The van der Waals surface area contributed by atoms with Gasteiger partial charge in [0.2, 0.25) is 0 Å². The van der Waals surface area contributed by atoms with E-state index in [-0.39, 0.29) is 23.8 Å². The van der Waals surface area contributed by atoms with Crippen LogP contribution in [0.5, 0.6) is 5.75 Å². The van der Waals surface area contributed by atoms with Crippen LogP contribution in [0.1, 0.15) is 27.0 Å². The molecule has 44 heavy (non-hydrogen) atoms. The van der Waals surface area contributed by atoms with E-state index in [1.165, 1.54) is 28.2 Å². The molecule has 12 heteroatoms. The summed E-state index contributed by atoms with van der Waals surface area (Å²) in [6.45, 7) is 0.487. The van der Waals surface area contributed by atoms with Gasteiger partial charge < -0.3 is 10.1 Å². The summed E-state index contributed by atoms with van der Waals surface area (Å²) in [5.74, 6) is -0.639. The summed E-state index contributed by atoms with van der Waals surface area (Å²) < 4.78 is 48.1. The summed E-state index contributed by atoms with van der Waals surface area (Å²) in [4.78, 5) is 30.1. The molecular weight excluding hydrogens is 604 g/mol. The van der Waals surface area contributed by atoms with Crippen LogP contribution in [0, 0.1) is 5.82 Å². The summed E-state index contributed by atoms with van der Waals surface area (Å²) >= 11 is 1.20. The van der Waals surface area contributed by atoms with Crippen molar-refractivity contribution in [1.82, 2.24) is 10.0 Å². The van der Waals surface area contributed by atoms with Crippen molar-refractivity contribution in [2.45, 2.75) is 13.0 Å². The van der Waals surface area contributed by atoms with E-state index < -0.39 is 16.1 Å². The summed E-state index contributed by atoms with van der Waals surface area (Å²) in [5, 5.41) is 3.17. The van der Waals surface area contributed by atoms with Crippen molar-refractivity contribution in [2.24, 2.45) is 4.99 Å². The minimum Gasteiger partial charge on any atom is -0.489 e. The quantitative estimate of drug-likeness (QED) is 0.255. The first-order chi connectivity index (χ1) is 21.2. The molecule has 4 aromatic rings. The second-order valence-corrected chi connectivity index (χ2v) is 12.5. The fourth-order valence-corrected chi connectivity index (χ4v) is 6.73. The minimum atomic E-state index is -4.11. The van der Waals surface area contributed by atoms with E-state index in [4.69, 9.17) is 4.74 Å². The Morgan fingerprint density at radius 3 is 2.52 bits per heavy atom. The number of fused-ring (bicyclic) bond motifs is 1. The number of thioether (sulfide) groups is 1. The number of nitrogens with one attached hydrogen (secondary N) is 2. The molecule has 0 aromatic heterocycles. The van der Waals surface area contributed by atoms with Gasteiger partial charge in [-0.1, -0.05) is 42.5 Å². The molecular formula is C32H25FN4O5S2. The number of amides is 2. The van der Waals surface area contributed by atoms with Gasteiger partial charge in [0, 0.05) is 12.1 Å². The molecule has 0 atom stereocenters. The summed E-state index contributed by atoms with van der Waals surface area (Å²) in [5.41, 5.74) is 3.68. The third-order valence-corrected chi connectivity index (χ3v) is 9.15. The van der Waals surface area contributed by atoms with E-state index in [0.29, 0.717) is 40.2 Å². The first kappa shape index (κ1) is 29.1. The Hall–Kier alpha value is -4.94. The van der Waals surface area contributed by atoms with Crippen molar-refractivity contribution in [3.05, 3.63) is 130 Å². The molecule has 0 saturated carbocycles. The zero-order valence-corrected chi connectivity index (χ0v) is 24.7. The van der Waals surface area contributed by atoms with E-state index in [1.54, 1.807) is 78.9 Å². The van der Waals surface area contributed by atoms with Gasteiger partial charge in [0.25, 0.3) is 11.8 Å². The van der Waals surface area contributed by atoms with Crippen molar-refractivity contribution >= 4 is 56.4 Å². The number of aliphatic imine (C=N–C) groups is 1. The van der Waals surface area contributed by atoms with Crippen LogP contribution < -0.4 is 19.1 Å². The van der Waals surface area contributed by atoms with Gasteiger partial charge in [0.15, 0.2) is 5.17 Å². The number of benzene rings is 4.